The third-order valence-corrected chi connectivity index (χ3v) is 10.1. The van der Waals surface area contributed by atoms with Crippen LogP contribution >= 0.6 is 0 Å². The van der Waals surface area contributed by atoms with E-state index in [4.69, 9.17) is 28.8 Å². The largest absolute Gasteiger partial charge is 0.490 e. The number of hydrogen-bond acceptors (Lipinski definition) is 11. The molecule has 2 aliphatic heterocycles. The Morgan fingerprint density at radius 3 is 2.27 bits per heavy atom. The number of ether oxygens (including phenoxy) is 5. The monoisotopic (exact) mass is 720 g/mol. The topological polar surface area (TPSA) is 178 Å². The Labute approximate surface area is 302 Å². The molecule has 0 saturated carbocycles. The van der Waals surface area contributed by atoms with Crippen molar-refractivity contribution in [2.75, 3.05) is 14.2 Å². The summed E-state index contributed by atoms with van der Waals surface area (Å²) in [6.45, 7) is 16.5. The summed E-state index contributed by atoms with van der Waals surface area (Å²) in [6, 6.07) is 0. The van der Waals surface area contributed by atoms with Crippen LogP contribution in [0.5, 0.6) is 0 Å². The molecule has 2 heterocycles. The second kappa shape index (κ2) is 19.5. The van der Waals surface area contributed by atoms with E-state index < -0.39 is 72.2 Å². The molecule has 0 amide bonds. The van der Waals surface area contributed by atoms with Crippen LogP contribution in [-0.4, -0.2) is 95.0 Å². The second-order valence-electron chi connectivity index (χ2n) is 14.6. The van der Waals surface area contributed by atoms with Gasteiger partial charge in [0, 0.05) is 49.4 Å². The van der Waals surface area contributed by atoms with E-state index >= 15 is 0 Å². The number of aliphatic carboxylic acids is 1. The van der Waals surface area contributed by atoms with Crippen molar-refractivity contribution in [1.29, 1.82) is 0 Å². The first-order valence-electron chi connectivity index (χ1n) is 17.7. The second-order valence-corrected chi connectivity index (χ2v) is 14.6. The molecule has 2 aliphatic rings. The van der Waals surface area contributed by atoms with Gasteiger partial charge in [-0.2, -0.15) is 0 Å². The number of methoxy groups -OCH3 is 2. The van der Waals surface area contributed by atoms with Crippen molar-refractivity contribution in [2.45, 2.75) is 118 Å². The van der Waals surface area contributed by atoms with Crippen LogP contribution < -0.4 is 0 Å². The van der Waals surface area contributed by atoms with Crippen LogP contribution in [0.1, 0.15) is 75.2 Å². The fourth-order valence-corrected chi connectivity index (χ4v) is 7.00. The van der Waals surface area contributed by atoms with E-state index in [1.807, 2.05) is 53.7 Å². The maximum atomic E-state index is 13.6. The molecule has 12 heteroatoms. The van der Waals surface area contributed by atoms with Crippen LogP contribution in [0.25, 0.3) is 0 Å². The Bertz CT molecular complexity index is 1350. The van der Waals surface area contributed by atoms with Crippen molar-refractivity contribution in [1.82, 2.24) is 0 Å². The van der Waals surface area contributed by atoms with Gasteiger partial charge in [-0.3, -0.25) is 0 Å². The van der Waals surface area contributed by atoms with Crippen LogP contribution in [0, 0.1) is 35.5 Å². The number of aliphatic hydroxyl groups excluding tert-OH is 2. The number of hydrogen-bond donors (Lipinski definition) is 4. The number of carboxylic acids is 1. The van der Waals surface area contributed by atoms with Crippen molar-refractivity contribution in [3.63, 3.8) is 0 Å². The Kier molecular flexibility index (Phi) is 16.8. The number of aliphatic hydroxyl groups is 3. The van der Waals surface area contributed by atoms with Crippen LogP contribution in [-0.2, 0) is 38.1 Å². The van der Waals surface area contributed by atoms with E-state index in [0.29, 0.717) is 18.1 Å². The molecule has 1 saturated heterocycles. The smallest absolute Gasteiger partial charge is 0.373 e. The Balaban J connectivity index is 2.55. The Hall–Kier alpha value is -3.29. The van der Waals surface area contributed by atoms with Gasteiger partial charge in [-0.15, -0.1) is 0 Å². The number of carboxylic acid groups (broad SMARTS) is 1. The minimum absolute atomic E-state index is 0.0458. The van der Waals surface area contributed by atoms with Gasteiger partial charge >= 0.3 is 17.9 Å². The van der Waals surface area contributed by atoms with Gasteiger partial charge < -0.3 is 44.1 Å². The molecule has 12 atom stereocenters. The molecule has 288 valence electrons. The molecule has 0 aromatic heterocycles. The van der Waals surface area contributed by atoms with Gasteiger partial charge in [-0.05, 0) is 38.2 Å². The molecule has 1 fully saturated rings. The third-order valence-electron chi connectivity index (χ3n) is 10.1. The molecule has 2 rings (SSSR count). The van der Waals surface area contributed by atoms with E-state index in [1.165, 1.54) is 20.3 Å². The molecule has 0 aliphatic carbocycles. The highest BCUT2D eigenvalue weighted by Crippen LogP contribution is 2.42. The van der Waals surface area contributed by atoms with Crippen LogP contribution in [0.15, 0.2) is 59.4 Å². The van der Waals surface area contributed by atoms with E-state index in [0.717, 1.165) is 11.6 Å². The number of carbonyl (C=O) groups is 3. The zero-order chi connectivity index (χ0) is 38.8. The van der Waals surface area contributed by atoms with Crippen LogP contribution in [0.2, 0.25) is 0 Å². The number of rotatable bonds is 10. The van der Waals surface area contributed by atoms with Crippen molar-refractivity contribution >= 4 is 17.9 Å². The first kappa shape index (κ1) is 43.9. The van der Waals surface area contributed by atoms with Crippen molar-refractivity contribution in [3.05, 3.63) is 59.4 Å². The van der Waals surface area contributed by atoms with E-state index in [-0.39, 0.29) is 35.9 Å². The lowest BCUT2D eigenvalue weighted by atomic mass is 9.76. The van der Waals surface area contributed by atoms with Crippen molar-refractivity contribution in [3.8, 4) is 0 Å². The number of esters is 2. The summed E-state index contributed by atoms with van der Waals surface area (Å²) in [5.74, 6) is -7.68. The summed E-state index contributed by atoms with van der Waals surface area (Å²) in [4.78, 5) is 37.1. The first-order chi connectivity index (χ1) is 23.8. The van der Waals surface area contributed by atoms with Gasteiger partial charge in [0.05, 0.1) is 25.4 Å². The molecule has 0 aromatic carbocycles. The quantitative estimate of drug-likeness (QED) is 0.178. The standard InChI is InChI=1S/C39H60O12/c1-21(2)36-26(7)31(49-33(42)16-15-32(40)41)20-39(46,51-36)28(9)35(44)27(8)37-29(47-10)14-12-13-22(3)17-24(5)34(43)25(6)18-23(4)19-30(48-11)38(45)50-37/h12-16,18-19,21,24-29,31,34-37,43-44,46H,17,20H2,1-11H3,(H,40,41)/b14-12-,16-15+,22-13+,23-18+,30-19-/t24-,25+,26-,27-,28-,29-,31+,34-,35+,36+,37?,39+/m0/s1. The zero-order valence-corrected chi connectivity index (χ0v) is 31.9. The highest BCUT2D eigenvalue weighted by Gasteiger charge is 2.53. The van der Waals surface area contributed by atoms with Crippen molar-refractivity contribution < 1.29 is 58.5 Å². The summed E-state index contributed by atoms with van der Waals surface area (Å²) in [5.41, 5.74) is 1.70. The molecule has 0 radical (unpaired) electrons. The number of carbonyl (C=O) groups excluding carboxylic acids is 2. The number of cyclic esters (lactones) is 1. The van der Waals surface area contributed by atoms with Gasteiger partial charge in [-0.25, -0.2) is 14.4 Å². The predicted octanol–water partition coefficient (Wildman–Crippen LogP) is 4.88. The molecular weight excluding hydrogens is 660 g/mol. The van der Waals surface area contributed by atoms with Gasteiger partial charge in [0.2, 0.25) is 5.76 Å². The molecule has 0 spiro atoms. The number of allylic oxidation sites excluding steroid dienone is 5. The van der Waals surface area contributed by atoms with E-state index in [9.17, 15) is 29.7 Å². The molecule has 12 nitrogen and oxygen atoms in total. The maximum Gasteiger partial charge on any atom is 0.373 e. The minimum atomic E-state index is -1.99. The van der Waals surface area contributed by atoms with Gasteiger partial charge in [0.1, 0.15) is 18.3 Å². The van der Waals surface area contributed by atoms with Gasteiger partial charge in [0.15, 0.2) is 5.79 Å². The first-order valence-corrected chi connectivity index (χ1v) is 17.7. The van der Waals surface area contributed by atoms with Crippen LogP contribution in [0.3, 0.4) is 0 Å². The normalized spacial score (nSPS) is 37.1. The molecular formula is C39H60O12. The maximum absolute atomic E-state index is 13.6. The molecule has 4 N–H and O–H groups in total. The van der Waals surface area contributed by atoms with E-state index in [2.05, 4.69) is 0 Å². The molecule has 1 unspecified atom stereocenters. The molecule has 0 bridgehead atoms. The summed E-state index contributed by atoms with van der Waals surface area (Å²) in [7, 11) is 2.80. The Morgan fingerprint density at radius 1 is 1.06 bits per heavy atom. The summed E-state index contributed by atoms with van der Waals surface area (Å²) in [5, 5.41) is 43.8. The zero-order valence-electron chi connectivity index (χ0n) is 31.9. The third kappa shape index (κ3) is 12.1. The van der Waals surface area contributed by atoms with Gasteiger partial charge in [0.25, 0.3) is 0 Å². The summed E-state index contributed by atoms with van der Waals surface area (Å²) >= 11 is 0. The lowest BCUT2D eigenvalue weighted by Crippen LogP contribution is -2.59. The molecule has 51 heavy (non-hydrogen) atoms. The lowest BCUT2D eigenvalue weighted by molar-refractivity contribution is -0.329. The van der Waals surface area contributed by atoms with Crippen LogP contribution in [0.4, 0.5) is 0 Å². The van der Waals surface area contributed by atoms with Gasteiger partial charge in [-0.1, -0.05) is 83.9 Å². The average molecular weight is 721 g/mol. The fourth-order valence-electron chi connectivity index (χ4n) is 7.00. The summed E-state index contributed by atoms with van der Waals surface area (Å²) in [6.07, 6.45) is 5.37. The predicted molar refractivity (Wildman–Crippen MR) is 191 cm³/mol. The summed E-state index contributed by atoms with van der Waals surface area (Å²) < 4.78 is 29.1. The highest BCUT2D eigenvalue weighted by atomic mass is 16.6. The van der Waals surface area contributed by atoms with Crippen molar-refractivity contribution in [2.24, 2.45) is 35.5 Å². The lowest BCUT2D eigenvalue weighted by Gasteiger charge is -2.50. The highest BCUT2D eigenvalue weighted by molar-refractivity contribution is 5.90. The molecule has 0 aromatic rings. The average Bonchev–Trinajstić information content (AvgIpc) is 3.06. The SMILES string of the molecule is CO/C1=C\C(C)=C\[C@@H](C)[C@@H](O)[C@@H](C)C/C(C)=C/C=C\[C@H](OC)C([C@@H](C)[C@@H](O)[C@H](C)[C@@]2(O)C[C@@H](OC(=O)/C=C/C(=O)O)[C@H](C)[C@@H](C(C)C)O2)OC1=O. The fraction of sp³-hybridized carbons (Fsp3) is 0.667. The minimum Gasteiger partial charge on any atom is -0.490 e. The van der Waals surface area contributed by atoms with E-state index in [1.54, 1.807) is 32.9 Å². The Morgan fingerprint density at radius 2 is 1.71 bits per heavy atom.